The van der Waals surface area contributed by atoms with Gasteiger partial charge in [-0.15, -0.1) is 0 Å². The van der Waals surface area contributed by atoms with Gasteiger partial charge in [-0.1, -0.05) is 32.4 Å². The number of likely N-dealkylation sites (tertiary alicyclic amines) is 1. The number of halogens is 1. The summed E-state index contributed by atoms with van der Waals surface area (Å²) in [5.74, 6) is 1.98. The number of carbonyl (C=O) groups excluding carboxylic acids is 1. The van der Waals surface area contributed by atoms with Gasteiger partial charge < -0.3 is 15.0 Å². The number of nitrogens with zero attached hydrogens (tertiary/aromatic N) is 3. The normalized spacial score (nSPS) is 20.4. The monoisotopic (exact) mass is 408 g/mol. The molecule has 1 aromatic heterocycles. The quantitative estimate of drug-likeness (QED) is 0.781. The molecule has 2 saturated heterocycles. The summed E-state index contributed by atoms with van der Waals surface area (Å²) in [6, 6.07) is 2.17. The van der Waals surface area contributed by atoms with Gasteiger partial charge in [0.05, 0.1) is 23.8 Å². The molecule has 0 saturated carbocycles. The van der Waals surface area contributed by atoms with E-state index in [1.165, 1.54) is 12.8 Å². The van der Waals surface area contributed by atoms with Crippen LogP contribution < -0.4 is 5.32 Å². The molecule has 2 aliphatic rings. The van der Waals surface area contributed by atoms with Crippen LogP contribution in [0.5, 0.6) is 0 Å². The van der Waals surface area contributed by atoms with Crippen LogP contribution in [-0.4, -0.2) is 72.7 Å². The van der Waals surface area contributed by atoms with Crippen molar-refractivity contribution in [1.82, 2.24) is 14.8 Å². The fraction of sp³-hybridized carbons (Fsp3) is 0.714. The van der Waals surface area contributed by atoms with Gasteiger partial charge in [-0.05, 0) is 43.8 Å². The molecule has 1 unspecified atom stereocenters. The van der Waals surface area contributed by atoms with Crippen molar-refractivity contribution in [3.63, 3.8) is 0 Å². The zero-order valence-corrected chi connectivity index (χ0v) is 18.0. The molecule has 1 N–H and O–H groups in total. The topological polar surface area (TPSA) is 57.7 Å². The Labute approximate surface area is 173 Å². The Morgan fingerprint density at radius 2 is 1.96 bits per heavy atom. The number of amides is 1. The maximum atomic E-state index is 12.6. The number of carbonyl (C=O) groups is 1. The van der Waals surface area contributed by atoms with E-state index < -0.39 is 0 Å². The SMILES string of the molecule is CC1CCN(C(CNc2ncc(C(=O)N3CCOCC3)cc2Cl)C(C)C)CC1. The summed E-state index contributed by atoms with van der Waals surface area (Å²) in [5, 5.41) is 3.91. The second-order valence-electron chi connectivity index (χ2n) is 8.37. The predicted octanol–water partition coefficient (Wildman–Crippen LogP) is 3.38. The number of rotatable bonds is 6. The predicted molar refractivity (Wildman–Crippen MR) is 113 cm³/mol. The lowest BCUT2D eigenvalue weighted by molar-refractivity contribution is 0.0302. The minimum absolute atomic E-state index is 0.0354. The van der Waals surface area contributed by atoms with Gasteiger partial charge in [0.2, 0.25) is 0 Å². The Bertz CT molecular complexity index is 656. The molecule has 0 bridgehead atoms. The van der Waals surface area contributed by atoms with Crippen LogP contribution in [0.15, 0.2) is 12.3 Å². The van der Waals surface area contributed by atoms with Crippen molar-refractivity contribution in [3.8, 4) is 0 Å². The Morgan fingerprint density at radius 3 is 2.57 bits per heavy atom. The Kier molecular flexibility index (Phi) is 7.55. The highest BCUT2D eigenvalue weighted by molar-refractivity contribution is 6.33. The molecule has 1 amide bonds. The van der Waals surface area contributed by atoms with Crippen molar-refractivity contribution < 1.29 is 9.53 Å². The third kappa shape index (κ3) is 5.37. The number of ether oxygens (including phenoxy) is 1. The minimum atomic E-state index is -0.0354. The van der Waals surface area contributed by atoms with E-state index in [0.29, 0.717) is 54.7 Å². The molecule has 6 nitrogen and oxygen atoms in total. The van der Waals surface area contributed by atoms with E-state index in [-0.39, 0.29) is 5.91 Å². The van der Waals surface area contributed by atoms with Crippen molar-refractivity contribution in [3.05, 3.63) is 22.8 Å². The number of morpholine rings is 1. The highest BCUT2D eigenvalue weighted by Crippen LogP contribution is 2.24. The first-order chi connectivity index (χ1) is 13.5. The van der Waals surface area contributed by atoms with E-state index in [0.717, 1.165) is 25.6 Å². The minimum Gasteiger partial charge on any atom is -0.378 e. The molecular weight excluding hydrogens is 376 g/mol. The summed E-state index contributed by atoms with van der Waals surface area (Å²) in [6.07, 6.45) is 4.15. The number of anilines is 1. The number of nitrogens with one attached hydrogen (secondary N) is 1. The molecule has 1 atom stereocenters. The van der Waals surface area contributed by atoms with Gasteiger partial charge in [-0.25, -0.2) is 4.98 Å². The second kappa shape index (κ2) is 9.90. The maximum Gasteiger partial charge on any atom is 0.255 e. The summed E-state index contributed by atoms with van der Waals surface area (Å²) < 4.78 is 5.31. The van der Waals surface area contributed by atoms with Gasteiger partial charge in [0, 0.05) is 31.9 Å². The molecule has 3 heterocycles. The van der Waals surface area contributed by atoms with E-state index >= 15 is 0 Å². The standard InChI is InChI=1S/C21H33ClN4O2/c1-15(2)19(25-6-4-16(3)5-7-25)14-24-20-18(22)12-17(13-23-20)21(27)26-8-10-28-11-9-26/h12-13,15-16,19H,4-11,14H2,1-3H3,(H,23,24). The van der Waals surface area contributed by atoms with Crippen molar-refractivity contribution in [1.29, 1.82) is 0 Å². The number of hydrogen-bond donors (Lipinski definition) is 1. The zero-order chi connectivity index (χ0) is 20.1. The third-order valence-electron chi connectivity index (χ3n) is 5.92. The lowest BCUT2D eigenvalue weighted by Gasteiger charge is -2.39. The van der Waals surface area contributed by atoms with Crippen LogP contribution in [-0.2, 0) is 4.74 Å². The molecule has 0 radical (unpaired) electrons. The fourth-order valence-electron chi connectivity index (χ4n) is 3.98. The molecule has 7 heteroatoms. The number of piperidine rings is 1. The molecule has 28 heavy (non-hydrogen) atoms. The van der Waals surface area contributed by atoms with Crippen molar-refractivity contribution in [2.24, 2.45) is 11.8 Å². The highest BCUT2D eigenvalue weighted by atomic mass is 35.5. The zero-order valence-electron chi connectivity index (χ0n) is 17.3. The molecule has 2 aliphatic heterocycles. The average Bonchev–Trinajstić information content (AvgIpc) is 2.70. The molecule has 0 aliphatic carbocycles. The fourth-order valence-corrected chi connectivity index (χ4v) is 4.22. The van der Waals surface area contributed by atoms with Crippen molar-refractivity contribution >= 4 is 23.3 Å². The Balaban J connectivity index is 1.61. The van der Waals surface area contributed by atoms with E-state index in [4.69, 9.17) is 16.3 Å². The number of aromatic nitrogens is 1. The van der Waals surface area contributed by atoms with Crippen LogP contribution in [0.3, 0.4) is 0 Å². The first-order valence-corrected chi connectivity index (χ1v) is 10.8. The van der Waals surface area contributed by atoms with Crippen LogP contribution >= 0.6 is 11.6 Å². The summed E-state index contributed by atoms with van der Waals surface area (Å²) in [7, 11) is 0. The first kappa shape index (κ1) is 21.3. The molecular formula is C21H33ClN4O2. The lowest BCUT2D eigenvalue weighted by atomic mass is 9.94. The van der Waals surface area contributed by atoms with E-state index in [1.807, 2.05) is 0 Å². The van der Waals surface area contributed by atoms with Gasteiger partial charge in [-0.2, -0.15) is 0 Å². The van der Waals surface area contributed by atoms with E-state index in [2.05, 4.69) is 36.0 Å². The van der Waals surface area contributed by atoms with Crippen molar-refractivity contribution in [2.75, 3.05) is 51.3 Å². The molecule has 0 aromatic carbocycles. The highest BCUT2D eigenvalue weighted by Gasteiger charge is 2.26. The summed E-state index contributed by atoms with van der Waals surface area (Å²) >= 11 is 6.45. The molecule has 0 spiro atoms. The first-order valence-electron chi connectivity index (χ1n) is 10.5. The van der Waals surface area contributed by atoms with Crippen LogP contribution in [0.2, 0.25) is 5.02 Å². The van der Waals surface area contributed by atoms with Gasteiger partial charge in [0.25, 0.3) is 5.91 Å². The molecule has 2 fully saturated rings. The lowest BCUT2D eigenvalue weighted by Crippen LogP contribution is -2.47. The Morgan fingerprint density at radius 1 is 1.29 bits per heavy atom. The molecule has 156 valence electrons. The van der Waals surface area contributed by atoms with Crippen LogP contribution in [0, 0.1) is 11.8 Å². The average molecular weight is 409 g/mol. The van der Waals surface area contributed by atoms with Gasteiger partial charge in [-0.3, -0.25) is 9.69 Å². The second-order valence-corrected chi connectivity index (χ2v) is 8.78. The van der Waals surface area contributed by atoms with Crippen molar-refractivity contribution in [2.45, 2.75) is 39.7 Å². The smallest absolute Gasteiger partial charge is 0.255 e. The Hall–Kier alpha value is -1.37. The van der Waals surface area contributed by atoms with E-state index in [9.17, 15) is 4.79 Å². The van der Waals surface area contributed by atoms with Crippen LogP contribution in [0.1, 0.15) is 44.0 Å². The maximum absolute atomic E-state index is 12.6. The third-order valence-corrected chi connectivity index (χ3v) is 6.21. The van der Waals surface area contributed by atoms with Gasteiger partial charge in [0.15, 0.2) is 0 Å². The summed E-state index contributed by atoms with van der Waals surface area (Å²) in [4.78, 5) is 21.4. The van der Waals surface area contributed by atoms with Gasteiger partial charge in [0.1, 0.15) is 5.82 Å². The van der Waals surface area contributed by atoms with Crippen LogP contribution in [0.25, 0.3) is 0 Å². The largest absolute Gasteiger partial charge is 0.378 e. The number of hydrogen-bond acceptors (Lipinski definition) is 5. The summed E-state index contributed by atoms with van der Waals surface area (Å²) in [6.45, 7) is 12.4. The molecule has 1 aromatic rings. The number of pyridine rings is 1. The summed E-state index contributed by atoms with van der Waals surface area (Å²) in [5.41, 5.74) is 0.530. The molecule has 3 rings (SSSR count). The van der Waals surface area contributed by atoms with E-state index in [1.54, 1.807) is 17.2 Å². The van der Waals surface area contributed by atoms with Gasteiger partial charge >= 0.3 is 0 Å². The van der Waals surface area contributed by atoms with Crippen LogP contribution in [0.4, 0.5) is 5.82 Å².